The van der Waals surface area contributed by atoms with Crippen molar-refractivity contribution in [1.82, 2.24) is 40.6 Å². The number of para-hydroxylation sites is 1. The average molecular weight is 877 g/mol. The summed E-state index contributed by atoms with van der Waals surface area (Å²) in [5.74, 6) is -0.160. The van der Waals surface area contributed by atoms with Gasteiger partial charge in [-0.25, -0.2) is 4.98 Å². The van der Waals surface area contributed by atoms with Crippen LogP contribution in [0, 0.1) is 12.3 Å². The SMILES string of the molecule is Cc1ncsc1-c1ccc(CNC(=O)[C@@H]2C[C@@H](O)CN2C(=O)[C@@H](NC(=O)CCCCCCCCCN2CCC(c3c[nH]c4nnc(-c5ccccc5O)cc34)CC2)C(C)(C)C)cc1. The summed E-state index contributed by atoms with van der Waals surface area (Å²) in [6.07, 6.45) is 11.4. The molecule has 0 unspecified atom stereocenters. The molecule has 2 aliphatic rings. The Morgan fingerprint density at radius 1 is 0.952 bits per heavy atom. The molecule has 3 atom stereocenters. The first-order valence-corrected chi connectivity index (χ1v) is 23.6. The van der Waals surface area contributed by atoms with Gasteiger partial charge in [0.05, 0.1) is 27.9 Å². The van der Waals surface area contributed by atoms with E-state index in [1.54, 1.807) is 23.5 Å². The lowest BCUT2D eigenvalue weighted by atomic mass is 9.85. The number of aliphatic hydroxyl groups is 1. The number of rotatable bonds is 18. The molecule has 2 fully saturated rings. The average Bonchev–Trinajstić information content (AvgIpc) is 4.02. The summed E-state index contributed by atoms with van der Waals surface area (Å²) in [5, 5.41) is 36.7. The van der Waals surface area contributed by atoms with Crippen molar-refractivity contribution in [1.29, 1.82) is 0 Å². The highest BCUT2D eigenvalue weighted by Crippen LogP contribution is 2.36. The van der Waals surface area contributed by atoms with E-state index in [1.165, 1.54) is 29.7 Å². The Morgan fingerprint density at radius 3 is 2.37 bits per heavy atom. The Bertz CT molecular complexity index is 2310. The summed E-state index contributed by atoms with van der Waals surface area (Å²) in [4.78, 5) is 53.4. The fraction of sp³-hybridized carbons (Fsp3) is 0.510. The van der Waals surface area contributed by atoms with E-state index >= 15 is 0 Å². The monoisotopic (exact) mass is 876 g/mol. The molecule has 336 valence electrons. The molecule has 0 radical (unpaired) electrons. The second kappa shape index (κ2) is 21.0. The van der Waals surface area contributed by atoms with E-state index in [0.717, 1.165) is 90.9 Å². The Hall–Kier alpha value is -5.18. The number of unbranched alkanes of at least 4 members (excludes halogenated alkanes) is 6. The lowest BCUT2D eigenvalue weighted by molar-refractivity contribution is -0.144. The maximum atomic E-state index is 14.0. The molecule has 14 heteroatoms. The number of H-pyrrole nitrogens is 1. The third-order valence-electron chi connectivity index (χ3n) is 12.8. The number of hydrogen-bond donors (Lipinski definition) is 5. The first-order chi connectivity index (χ1) is 30.4. The first-order valence-electron chi connectivity index (χ1n) is 22.8. The summed E-state index contributed by atoms with van der Waals surface area (Å²) >= 11 is 1.59. The Balaban J connectivity index is 0.775. The second-order valence-corrected chi connectivity index (χ2v) is 19.4. The number of fused-ring (bicyclic) bond motifs is 1. The third-order valence-corrected chi connectivity index (χ3v) is 13.7. The van der Waals surface area contributed by atoms with Gasteiger partial charge in [-0.1, -0.05) is 89.3 Å². The zero-order valence-corrected chi connectivity index (χ0v) is 38.1. The number of hydrogen-bond acceptors (Lipinski definition) is 10. The van der Waals surface area contributed by atoms with Gasteiger partial charge in [-0.05, 0) is 98.5 Å². The summed E-state index contributed by atoms with van der Waals surface area (Å²) < 4.78 is 0. The number of amides is 3. The topological polar surface area (TPSA) is 177 Å². The Morgan fingerprint density at radius 2 is 1.67 bits per heavy atom. The molecule has 63 heavy (non-hydrogen) atoms. The van der Waals surface area contributed by atoms with Gasteiger partial charge < -0.3 is 35.6 Å². The van der Waals surface area contributed by atoms with Crippen LogP contribution in [-0.2, 0) is 20.9 Å². The number of aromatic amines is 1. The van der Waals surface area contributed by atoms with Crippen molar-refractivity contribution in [2.24, 2.45) is 5.41 Å². The highest BCUT2D eigenvalue weighted by atomic mass is 32.1. The highest BCUT2D eigenvalue weighted by molar-refractivity contribution is 7.13. The zero-order chi connectivity index (χ0) is 44.5. The van der Waals surface area contributed by atoms with E-state index < -0.39 is 23.6 Å². The Kier molecular flexibility index (Phi) is 15.3. The van der Waals surface area contributed by atoms with E-state index in [1.807, 2.05) is 75.7 Å². The number of piperidine rings is 1. The number of carbonyl (C=O) groups excluding carboxylic acids is 3. The van der Waals surface area contributed by atoms with Crippen LogP contribution in [0.25, 0.3) is 32.7 Å². The van der Waals surface area contributed by atoms with E-state index in [9.17, 15) is 24.6 Å². The van der Waals surface area contributed by atoms with Crippen LogP contribution in [0.4, 0.5) is 0 Å². The van der Waals surface area contributed by atoms with Crippen molar-refractivity contribution in [3.63, 3.8) is 0 Å². The maximum Gasteiger partial charge on any atom is 0.246 e. The number of phenolic OH excluding ortho intramolecular Hbond substituents is 1. The molecule has 3 aromatic heterocycles. The number of thiazole rings is 1. The van der Waals surface area contributed by atoms with Gasteiger partial charge in [0.15, 0.2) is 5.65 Å². The molecule has 5 heterocycles. The lowest BCUT2D eigenvalue weighted by Crippen LogP contribution is -2.57. The fourth-order valence-corrected chi connectivity index (χ4v) is 9.90. The molecule has 3 amide bonds. The van der Waals surface area contributed by atoms with Crippen molar-refractivity contribution in [3.8, 4) is 27.4 Å². The molecule has 2 aromatic carbocycles. The van der Waals surface area contributed by atoms with E-state index in [-0.39, 0.29) is 36.4 Å². The molecule has 0 bridgehead atoms. The number of phenols is 1. The van der Waals surface area contributed by atoms with Crippen LogP contribution < -0.4 is 10.6 Å². The van der Waals surface area contributed by atoms with Gasteiger partial charge in [0.1, 0.15) is 17.8 Å². The van der Waals surface area contributed by atoms with Crippen LogP contribution in [0.2, 0.25) is 0 Å². The molecule has 13 nitrogen and oxygen atoms in total. The van der Waals surface area contributed by atoms with Gasteiger partial charge in [0.2, 0.25) is 17.7 Å². The number of aromatic hydroxyl groups is 1. The quantitative estimate of drug-likeness (QED) is 0.0549. The minimum absolute atomic E-state index is 0.0489. The van der Waals surface area contributed by atoms with Gasteiger partial charge in [0.25, 0.3) is 0 Å². The Labute approximate surface area is 375 Å². The number of carbonyl (C=O) groups is 3. The first kappa shape index (κ1) is 45.8. The number of nitrogens with zero attached hydrogens (tertiary/aromatic N) is 5. The van der Waals surface area contributed by atoms with Crippen molar-refractivity contribution in [3.05, 3.63) is 83.1 Å². The number of nitrogens with one attached hydrogen (secondary N) is 3. The normalized spacial score (nSPS) is 17.9. The third kappa shape index (κ3) is 11.7. The molecule has 2 aliphatic heterocycles. The van der Waals surface area contributed by atoms with Crippen molar-refractivity contribution >= 4 is 40.1 Å². The van der Waals surface area contributed by atoms with Crippen LogP contribution in [0.5, 0.6) is 5.75 Å². The van der Waals surface area contributed by atoms with Crippen molar-refractivity contribution < 1.29 is 24.6 Å². The minimum Gasteiger partial charge on any atom is -0.507 e. The number of aryl methyl sites for hydroxylation is 1. The number of β-amino-alcohol motifs (C(OH)–C–C–N with tert-alkyl or cyclic N) is 1. The molecule has 0 saturated carbocycles. The van der Waals surface area contributed by atoms with Gasteiger partial charge in [-0.3, -0.25) is 14.4 Å². The van der Waals surface area contributed by atoms with Crippen LogP contribution in [-0.4, -0.2) is 102 Å². The number of aromatic nitrogens is 4. The standard InChI is InChI=1S/C49H64N8O5S/c1-32-44(63-31-52-32)35-19-17-33(18-20-35)28-51-47(61)41-26-36(58)30-57(41)48(62)45(49(2,3)4)53-43(60)16-10-8-6-5-7-9-13-23-56-24-21-34(22-25-56)39-29-50-46-38(39)27-40(54-55-46)37-14-11-12-15-42(37)59/h11-12,14-15,17-20,27,29,31,34,36,41,45,58-59H,5-10,13,16,21-26,28,30H2,1-4H3,(H,50,55)(H,51,61)(H,53,60)/t36-,41+,45-/m1/s1. The molecule has 0 spiro atoms. The lowest BCUT2D eigenvalue weighted by Gasteiger charge is -2.35. The molecule has 7 rings (SSSR count). The molecule has 2 saturated heterocycles. The number of likely N-dealkylation sites (tertiary alicyclic amines) is 2. The van der Waals surface area contributed by atoms with Crippen molar-refractivity contribution in [2.75, 3.05) is 26.2 Å². The summed E-state index contributed by atoms with van der Waals surface area (Å²) in [5.41, 5.74) is 7.65. The molecule has 5 N–H and O–H groups in total. The largest absolute Gasteiger partial charge is 0.507 e. The van der Waals surface area contributed by atoms with Gasteiger partial charge >= 0.3 is 0 Å². The predicted octanol–water partition coefficient (Wildman–Crippen LogP) is 7.87. The number of benzene rings is 2. The second-order valence-electron chi connectivity index (χ2n) is 18.5. The summed E-state index contributed by atoms with van der Waals surface area (Å²) in [6.45, 7) is 11.3. The number of aliphatic hydroxyl groups excluding tert-OH is 1. The smallest absolute Gasteiger partial charge is 0.246 e. The zero-order valence-electron chi connectivity index (χ0n) is 37.2. The summed E-state index contributed by atoms with van der Waals surface area (Å²) in [7, 11) is 0. The maximum absolute atomic E-state index is 14.0. The fourth-order valence-electron chi connectivity index (χ4n) is 9.09. The van der Waals surface area contributed by atoms with Crippen molar-refractivity contribution in [2.45, 2.75) is 129 Å². The highest BCUT2D eigenvalue weighted by Gasteiger charge is 2.44. The minimum atomic E-state index is -0.827. The molecule has 0 aliphatic carbocycles. The van der Waals surface area contributed by atoms with Crippen LogP contribution in [0.15, 0.2) is 66.3 Å². The van der Waals surface area contributed by atoms with Gasteiger partial charge in [-0.2, -0.15) is 0 Å². The summed E-state index contributed by atoms with van der Waals surface area (Å²) in [6, 6.07) is 15.6. The van der Waals surface area contributed by atoms with Crippen LogP contribution in [0.3, 0.4) is 0 Å². The van der Waals surface area contributed by atoms with E-state index in [2.05, 4.69) is 41.9 Å². The van der Waals surface area contributed by atoms with Crippen LogP contribution >= 0.6 is 11.3 Å². The van der Waals surface area contributed by atoms with E-state index in [0.29, 0.717) is 30.1 Å². The predicted molar refractivity (Wildman–Crippen MR) is 248 cm³/mol. The molecule has 5 aromatic rings. The van der Waals surface area contributed by atoms with Crippen LogP contribution in [0.1, 0.15) is 114 Å². The van der Waals surface area contributed by atoms with Gasteiger partial charge in [-0.15, -0.1) is 21.5 Å². The molecular weight excluding hydrogens is 813 g/mol. The van der Waals surface area contributed by atoms with E-state index in [4.69, 9.17) is 0 Å². The molecular formula is C49H64N8O5S. The van der Waals surface area contributed by atoms with Gasteiger partial charge in [0, 0.05) is 43.1 Å².